The second kappa shape index (κ2) is 12.6. The lowest BCUT2D eigenvalue weighted by Gasteiger charge is -2.14. The van der Waals surface area contributed by atoms with Gasteiger partial charge in [0.25, 0.3) is 0 Å². The first kappa shape index (κ1) is 29.2. The molecular weight excluding hydrogens is 615 g/mol. The molecule has 0 fully saturated rings. The molecule has 0 amide bonds. The number of hydrogen-bond acceptors (Lipinski definition) is 4. The zero-order valence-corrected chi connectivity index (χ0v) is 27.5. The molecule has 0 bridgehead atoms. The van der Waals surface area contributed by atoms with Crippen molar-refractivity contribution in [1.82, 2.24) is 15.0 Å². The summed E-state index contributed by atoms with van der Waals surface area (Å²) < 4.78 is 2.58. The van der Waals surface area contributed by atoms with Gasteiger partial charge in [-0.2, -0.15) is 0 Å². The number of thiophene rings is 1. The van der Waals surface area contributed by atoms with Crippen LogP contribution in [0, 0.1) is 0 Å². The van der Waals surface area contributed by atoms with Crippen LogP contribution in [0.4, 0.5) is 0 Å². The molecule has 0 radical (unpaired) electrons. The Hall–Kier alpha value is -5.97. The molecule has 0 spiro atoms. The van der Waals surface area contributed by atoms with Gasteiger partial charge < -0.3 is 0 Å². The maximum Gasteiger partial charge on any atom is 0.163 e. The first-order valence-electron chi connectivity index (χ1n) is 16.6. The van der Waals surface area contributed by atoms with Gasteiger partial charge in [-0.3, -0.25) is 0 Å². The maximum atomic E-state index is 5.06. The molecule has 1 unspecified atom stereocenters. The monoisotopic (exact) mass is 645 g/mol. The standard InChI is InChI=1S/C45H31N3S/c1-5-15-30(16-6-1)36-28-39(31-17-7-2-8-18-31)42-40(29-36)38-26-14-25-37(41(38)49-42)34-23-13-24-35(27-34)45-47-43(32-19-9-3-10-20-32)46-44(48-45)33-21-11-4-12-22-33/h1-21,23-29,33H,22H2. The number of fused-ring (bicyclic) bond motifs is 3. The van der Waals surface area contributed by atoms with Crippen molar-refractivity contribution in [3.63, 3.8) is 0 Å². The summed E-state index contributed by atoms with van der Waals surface area (Å²) in [6, 6.07) is 51.7. The van der Waals surface area contributed by atoms with Crippen molar-refractivity contribution >= 4 is 31.5 Å². The van der Waals surface area contributed by atoms with Crippen LogP contribution in [0.5, 0.6) is 0 Å². The van der Waals surface area contributed by atoms with E-state index in [9.17, 15) is 0 Å². The normalized spacial score (nSPS) is 14.1. The van der Waals surface area contributed by atoms with E-state index in [1.807, 2.05) is 29.5 Å². The highest BCUT2D eigenvalue weighted by Gasteiger charge is 2.19. The zero-order valence-electron chi connectivity index (χ0n) is 26.7. The van der Waals surface area contributed by atoms with Crippen LogP contribution in [0.2, 0.25) is 0 Å². The maximum absolute atomic E-state index is 5.06. The molecule has 9 rings (SSSR count). The SMILES string of the molecule is C1=CCC(c2nc(-c3ccccc3)nc(-c3cccc(-c4cccc5c4sc4c(-c6ccccc6)cc(-c6ccccc6)cc45)c3)n2)C=C1. The highest BCUT2D eigenvalue weighted by molar-refractivity contribution is 7.26. The van der Waals surface area contributed by atoms with Gasteiger partial charge >= 0.3 is 0 Å². The van der Waals surface area contributed by atoms with Crippen molar-refractivity contribution in [2.24, 2.45) is 0 Å². The van der Waals surface area contributed by atoms with E-state index in [1.165, 1.54) is 48.0 Å². The number of benzene rings is 6. The van der Waals surface area contributed by atoms with Crippen LogP contribution in [-0.2, 0) is 0 Å². The van der Waals surface area contributed by atoms with Crippen molar-refractivity contribution in [2.75, 3.05) is 0 Å². The van der Waals surface area contributed by atoms with E-state index in [1.54, 1.807) is 0 Å². The summed E-state index contributed by atoms with van der Waals surface area (Å²) >= 11 is 1.88. The van der Waals surface area contributed by atoms with E-state index in [4.69, 9.17) is 15.0 Å². The fourth-order valence-electron chi connectivity index (χ4n) is 6.76. The molecule has 1 atom stereocenters. The highest BCUT2D eigenvalue weighted by atomic mass is 32.1. The first-order chi connectivity index (χ1) is 24.3. The van der Waals surface area contributed by atoms with Crippen LogP contribution in [0.15, 0.2) is 170 Å². The summed E-state index contributed by atoms with van der Waals surface area (Å²) in [6.45, 7) is 0. The molecule has 6 aromatic carbocycles. The fourth-order valence-corrected chi connectivity index (χ4v) is 8.11. The van der Waals surface area contributed by atoms with Crippen LogP contribution < -0.4 is 0 Å². The number of hydrogen-bond donors (Lipinski definition) is 0. The van der Waals surface area contributed by atoms with Gasteiger partial charge in [0.05, 0.1) is 0 Å². The minimum Gasteiger partial charge on any atom is -0.212 e. The molecule has 8 aromatic rings. The summed E-state index contributed by atoms with van der Waals surface area (Å²) in [5.41, 5.74) is 9.24. The summed E-state index contributed by atoms with van der Waals surface area (Å²) in [4.78, 5) is 15.0. The number of aromatic nitrogens is 3. The lowest BCUT2D eigenvalue weighted by atomic mass is 9.95. The Labute approximate surface area is 289 Å². The predicted molar refractivity (Wildman–Crippen MR) is 206 cm³/mol. The van der Waals surface area contributed by atoms with E-state index in [0.717, 1.165) is 28.9 Å². The second-order valence-electron chi connectivity index (χ2n) is 12.4. The molecule has 2 aromatic heterocycles. The molecule has 1 aliphatic carbocycles. The highest BCUT2D eigenvalue weighted by Crippen LogP contribution is 2.46. The Kier molecular flexibility index (Phi) is 7.49. The Morgan fingerprint density at radius 3 is 1.82 bits per heavy atom. The Morgan fingerprint density at radius 2 is 1.08 bits per heavy atom. The molecule has 0 aliphatic heterocycles. The zero-order chi connectivity index (χ0) is 32.6. The molecule has 1 aliphatic rings. The van der Waals surface area contributed by atoms with Crippen molar-refractivity contribution in [3.8, 4) is 56.2 Å². The molecule has 49 heavy (non-hydrogen) atoms. The van der Waals surface area contributed by atoms with Gasteiger partial charge in [-0.25, -0.2) is 15.0 Å². The van der Waals surface area contributed by atoms with E-state index in [0.29, 0.717) is 11.6 Å². The summed E-state index contributed by atoms with van der Waals surface area (Å²) in [7, 11) is 0. The summed E-state index contributed by atoms with van der Waals surface area (Å²) in [6.07, 6.45) is 9.39. The average Bonchev–Trinajstić information content (AvgIpc) is 3.58. The Balaban J connectivity index is 1.21. The number of allylic oxidation sites excluding steroid dienone is 4. The smallest absolute Gasteiger partial charge is 0.163 e. The van der Waals surface area contributed by atoms with Crippen LogP contribution in [-0.4, -0.2) is 15.0 Å². The van der Waals surface area contributed by atoms with Crippen LogP contribution in [0.3, 0.4) is 0 Å². The van der Waals surface area contributed by atoms with E-state index < -0.39 is 0 Å². The predicted octanol–water partition coefficient (Wildman–Crippen LogP) is 12.2. The minimum absolute atomic E-state index is 0.115. The lowest BCUT2D eigenvalue weighted by molar-refractivity contribution is 0.764. The van der Waals surface area contributed by atoms with Crippen molar-refractivity contribution in [1.29, 1.82) is 0 Å². The molecule has 232 valence electrons. The molecule has 3 nitrogen and oxygen atoms in total. The van der Waals surface area contributed by atoms with Crippen molar-refractivity contribution in [3.05, 3.63) is 176 Å². The third-order valence-electron chi connectivity index (χ3n) is 9.22. The molecule has 0 saturated carbocycles. The second-order valence-corrected chi connectivity index (χ2v) is 13.4. The van der Waals surface area contributed by atoms with Crippen LogP contribution in [0.25, 0.3) is 76.3 Å². The van der Waals surface area contributed by atoms with Gasteiger partial charge in [0.15, 0.2) is 11.6 Å². The quantitative estimate of drug-likeness (QED) is 0.181. The van der Waals surface area contributed by atoms with Gasteiger partial charge in [-0.15, -0.1) is 11.3 Å². The Bertz CT molecular complexity index is 2520. The molecule has 0 saturated heterocycles. The largest absolute Gasteiger partial charge is 0.212 e. The molecular formula is C45H31N3S. The van der Waals surface area contributed by atoms with E-state index in [2.05, 4.69) is 152 Å². The average molecular weight is 646 g/mol. The fraction of sp³-hybridized carbons (Fsp3) is 0.0444. The van der Waals surface area contributed by atoms with Crippen molar-refractivity contribution in [2.45, 2.75) is 12.3 Å². The van der Waals surface area contributed by atoms with Crippen molar-refractivity contribution < 1.29 is 0 Å². The third kappa shape index (κ3) is 5.56. The topological polar surface area (TPSA) is 38.7 Å². The Morgan fingerprint density at radius 1 is 0.449 bits per heavy atom. The third-order valence-corrected chi connectivity index (χ3v) is 10.5. The van der Waals surface area contributed by atoms with Gasteiger partial charge in [0.2, 0.25) is 0 Å². The molecule has 2 heterocycles. The van der Waals surface area contributed by atoms with Gasteiger partial charge in [0.1, 0.15) is 5.82 Å². The van der Waals surface area contributed by atoms with Crippen LogP contribution >= 0.6 is 11.3 Å². The van der Waals surface area contributed by atoms with Crippen LogP contribution in [0.1, 0.15) is 18.2 Å². The lowest BCUT2D eigenvalue weighted by Crippen LogP contribution is -2.07. The number of rotatable bonds is 6. The number of nitrogens with zero attached hydrogens (tertiary/aromatic N) is 3. The summed E-state index contributed by atoms with van der Waals surface area (Å²) in [5.74, 6) is 2.30. The minimum atomic E-state index is 0.115. The first-order valence-corrected chi connectivity index (χ1v) is 17.5. The molecule has 0 N–H and O–H groups in total. The molecule has 4 heteroatoms. The van der Waals surface area contributed by atoms with E-state index >= 15 is 0 Å². The van der Waals surface area contributed by atoms with E-state index in [-0.39, 0.29) is 5.92 Å². The van der Waals surface area contributed by atoms with Gasteiger partial charge in [0, 0.05) is 42.8 Å². The summed E-state index contributed by atoms with van der Waals surface area (Å²) in [5, 5.41) is 2.55. The van der Waals surface area contributed by atoms with Gasteiger partial charge in [-0.05, 0) is 52.4 Å². The van der Waals surface area contributed by atoms with Gasteiger partial charge in [-0.1, -0.05) is 152 Å².